The summed E-state index contributed by atoms with van der Waals surface area (Å²) >= 11 is 1.67. The summed E-state index contributed by atoms with van der Waals surface area (Å²) in [5, 5.41) is 6.46. The highest BCUT2D eigenvalue weighted by Gasteiger charge is 2.06. The van der Waals surface area contributed by atoms with Gasteiger partial charge < -0.3 is 5.32 Å². The zero-order valence-electron chi connectivity index (χ0n) is 8.37. The zero-order chi connectivity index (χ0) is 9.97. The number of nitrogens with zero attached hydrogens (tertiary/aromatic N) is 2. The monoisotopic (exact) mass is 207 g/mol. The van der Waals surface area contributed by atoms with Gasteiger partial charge in [0.25, 0.3) is 0 Å². The number of rotatable bonds is 3. The largest absolute Gasteiger partial charge is 0.370 e. The summed E-state index contributed by atoms with van der Waals surface area (Å²) in [6.07, 6.45) is 0.881. The van der Waals surface area contributed by atoms with Crippen molar-refractivity contribution in [1.82, 2.24) is 9.97 Å². The standard InChI is InChI=1S/C10H13N3S/c1-3-8-12-9(11-4-2)7-5-6-14-10(7)13-8/h5-6H,3-4H2,1-2H3,(H,11,12,13). The van der Waals surface area contributed by atoms with E-state index >= 15 is 0 Å². The fourth-order valence-electron chi connectivity index (χ4n) is 1.36. The van der Waals surface area contributed by atoms with Crippen LogP contribution in [0.4, 0.5) is 5.82 Å². The summed E-state index contributed by atoms with van der Waals surface area (Å²) < 4.78 is 0. The van der Waals surface area contributed by atoms with Crippen LogP contribution in [0.15, 0.2) is 11.4 Å². The van der Waals surface area contributed by atoms with Gasteiger partial charge in [0.2, 0.25) is 0 Å². The van der Waals surface area contributed by atoms with Gasteiger partial charge in [0.1, 0.15) is 16.5 Å². The summed E-state index contributed by atoms with van der Waals surface area (Å²) in [4.78, 5) is 10.0. The molecule has 0 saturated heterocycles. The van der Waals surface area contributed by atoms with E-state index in [1.54, 1.807) is 11.3 Å². The van der Waals surface area contributed by atoms with Gasteiger partial charge in [-0.15, -0.1) is 11.3 Å². The number of fused-ring (bicyclic) bond motifs is 1. The highest BCUT2D eigenvalue weighted by atomic mass is 32.1. The summed E-state index contributed by atoms with van der Waals surface area (Å²) in [6, 6.07) is 2.07. The van der Waals surface area contributed by atoms with Crippen LogP contribution in [0.3, 0.4) is 0 Å². The molecule has 2 rings (SSSR count). The van der Waals surface area contributed by atoms with E-state index in [0.29, 0.717) is 0 Å². The van der Waals surface area contributed by atoms with Gasteiger partial charge in [-0.2, -0.15) is 0 Å². The number of aromatic nitrogens is 2. The van der Waals surface area contributed by atoms with E-state index in [0.717, 1.165) is 34.8 Å². The number of thiophene rings is 1. The summed E-state index contributed by atoms with van der Waals surface area (Å²) in [5.74, 6) is 1.88. The van der Waals surface area contributed by atoms with E-state index in [1.807, 2.05) is 0 Å². The molecule has 0 amide bonds. The van der Waals surface area contributed by atoms with Gasteiger partial charge >= 0.3 is 0 Å². The summed E-state index contributed by atoms with van der Waals surface area (Å²) in [7, 11) is 0. The lowest BCUT2D eigenvalue weighted by atomic mass is 10.3. The van der Waals surface area contributed by atoms with Gasteiger partial charge in [-0.05, 0) is 18.4 Å². The molecule has 0 aliphatic carbocycles. The lowest BCUT2D eigenvalue weighted by Gasteiger charge is -2.05. The van der Waals surface area contributed by atoms with Gasteiger partial charge in [0.05, 0.1) is 5.39 Å². The molecular weight excluding hydrogens is 194 g/mol. The molecule has 0 aromatic carbocycles. The fraction of sp³-hybridized carbons (Fsp3) is 0.400. The van der Waals surface area contributed by atoms with E-state index in [4.69, 9.17) is 0 Å². The third-order valence-corrected chi connectivity index (χ3v) is 2.84. The van der Waals surface area contributed by atoms with Crippen molar-refractivity contribution >= 4 is 27.4 Å². The second-order valence-electron chi connectivity index (χ2n) is 3.01. The Morgan fingerprint density at radius 2 is 2.21 bits per heavy atom. The van der Waals surface area contributed by atoms with E-state index in [9.17, 15) is 0 Å². The van der Waals surface area contributed by atoms with Crippen molar-refractivity contribution in [1.29, 1.82) is 0 Å². The Morgan fingerprint density at radius 1 is 1.36 bits per heavy atom. The first-order valence-corrected chi connectivity index (χ1v) is 5.71. The highest BCUT2D eigenvalue weighted by Crippen LogP contribution is 2.24. The SMILES string of the molecule is CCNc1nc(CC)nc2sccc12. The molecule has 0 aliphatic heterocycles. The van der Waals surface area contributed by atoms with Gasteiger partial charge in [-0.1, -0.05) is 6.92 Å². The van der Waals surface area contributed by atoms with Crippen LogP contribution in [0.1, 0.15) is 19.7 Å². The third-order valence-electron chi connectivity index (χ3n) is 2.03. The van der Waals surface area contributed by atoms with Crippen molar-refractivity contribution in [3.63, 3.8) is 0 Å². The van der Waals surface area contributed by atoms with Crippen LogP contribution in [-0.4, -0.2) is 16.5 Å². The molecule has 0 radical (unpaired) electrons. The fourth-order valence-corrected chi connectivity index (χ4v) is 2.14. The van der Waals surface area contributed by atoms with Crippen molar-refractivity contribution in [3.8, 4) is 0 Å². The van der Waals surface area contributed by atoms with Crippen LogP contribution in [0.2, 0.25) is 0 Å². The van der Waals surface area contributed by atoms with Crippen LogP contribution >= 0.6 is 11.3 Å². The Balaban J connectivity index is 2.58. The molecule has 0 unspecified atom stereocenters. The molecule has 2 heterocycles. The van der Waals surface area contributed by atoms with E-state index < -0.39 is 0 Å². The van der Waals surface area contributed by atoms with Crippen LogP contribution in [0.5, 0.6) is 0 Å². The van der Waals surface area contributed by atoms with Crippen LogP contribution in [-0.2, 0) is 6.42 Å². The molecule has 0 aliphatic rings. The Hall–Kier alpha value is -1.16. The van der Waals surface area contributed by atoms with Gasteiger partial charge in [0.15, 0.2) is 0 Å². The molecule has 1 N–H and O–H groups in total. The van der Waals surface area contributed by atoms with Gasteiger partial charge in [-0.3, -0.25) is 0 Å². The Morgan fingerprint density at radius 3 is 2.93 bits per heavy atom. The molecule has 0 saturated carbocycles. The van der Waals surface area contributed by atoms with Crippen molar-refractivity contribution in [2.45, 2.75) is 20.3 Å². The predicted molar refractivity (Wildman–Crippen MR) is 61.0 cm³/mol. The minimum absolute atomic E-state index is 0.881. The zero-order valence-corrected chi connectivity index (χ0v) is 9.19. The van der Waals surface area contributed by atoms with Crippen molar-refractivity contribution in [2.24, 2.45) is 0 Å². The summed E-state index contributed by atoms with van der Waals surface area (Å²) in [5.41, 5.74) is 0. The first-order valence-electron chi connectivity index (χ1n) is 4.83. The second-order valence-corrected chi connectivity index (χ2v) is 3.91. The molecule has 0 spiro atoms. The van der Waals surface area contributed by atoms with Crippen LogP contribution < -0.4 is 5.32 Å². The molecule has 2 aromatic heterocycles. The number of hydrogen-bond acceptors (Lipinski definition) is 4. The van der Waals surface area contributed by atoms with E-state index in [2.05, 4.69) is 40.6 Å². The topological polar surface area (TPSA) is 37.8 Å². The smallest absolute Gasteiger partial charge is 0.138 e. The predicted octanol–water partition coefficient (Wildman–Crippen LogP) is 2.69. The molecule has 74 valence electrons. The normalized spacial score (nSPS) is 10.7. The Kier molecular flexibility index (Phi) is 2.63. The minimum atomic E-state index is 0.881. The lowest BCUT2D eigenvalue weighted by molar-refractivity contribution is 0.960. The van der Waals surface area contributed by atoms with Gasteiger partial charge in [0, 0.05) is 13.0 Å². The minimum Gasteiger partial charge on any atom is -0.370 e. The Bertz CT molecular complexity index is 436. The highest BCUT2D eigenvalue weighted by molar-refractivity contribution is 7.16. The molecule has 0 atom stereocenters. The average molecular weight is 207 g/mol. The first kappa shape index (κ1) is 9.40. The van der Waals surface area contributed by atoms with Crippen LogP contribution in [0.25, 0.3) is 10.2 Å². The number of aryl methyl sites for hydroxylation is 1. The van der Waals surface area contributed by atoms with Crippen molar-refractivity contribution in [2.75, 3.05) is 11.9 Å². The third kappa shape index (κ3) is 1.57. The van der Waals surface area contributed by atoms with E-state index in [1.165, 1.54) is 0 Å². The molecule has 14 heavy (non-hydrogen) atoms. The van der Waals surface area contributed by atoms with Gasteiger partial charge in [-0.25, -0.2) is 9.97 Å². The number of anilines is 1. The molecule has 2 aromatic rings. The first-order chi connectivity index (χ1) is 6.85. The van der Waals surface area contributed by atoms with Crippen molar-refractivity contribution < 1.29 is 0 Å². The van der Waals surface area contributed by atoms with Crippen LogP contribution in [0, 0.1) is 0 Å². The maximum Gasteiger partial charge on any atom is 0.138 e. The quantitative estimate of drug-likeness (QED) is 0.840. The van der Waals surface area contributed by atoms with Crippen molar-refractivity contribution in [3.05, 3.63) is 17.3 Å². The molecular formula is C10H13N3S. The number of nitrogens with one attached hydrogen (secondary N) is 1. The second kappa shape index (κ2) is 3.92. The molecule has 4 heteroatoms. The average Bonchev–Trinajstić information content (AvgIpc) is 2.66. The lowest BCUT2D eigenvalue weighted by Crippen LogP contribution is -2.03. The number of hydrogen-bond donors (Lipinski definition) is 1. The molecule has 3 nitrogen and oxygen atoms in total. The summed E-state index contributed by atoms with van der Waals surface area (Å²) in [6.45, 7) is 5.04. The molecule has 0 fully saturated rings. The maximum absolute atomic E-state index is 4.47. The Labute approximate surface area is 87.2 Å². The molecule has 0 bridgehead atoms. The maximum atomic E-state index is 4.47. The van der Waals surface area contributed by atoms with E-state index in [-0.39, 0.29) is 0 Å².